The first-order valence-electron chi connectivity index (χ1n) is 3.84. The fraction of sp³-hybridized carbons (Fsp3) is 1.00. The number of unbranched alkanes of at least 4 members (excludes halogenated alkanes) is 2. The third kappa shape index (κ3) is 14.9. The SMILES string of the molecule is BrC(Br)(Br)CCCCCC(Br)(Br)Br. The monoisotopic (exact) mass is 568 g/mol. The highest BCUT2D eigenvalue weighted by Gasteiger charge is 2.18. The van der Waals surface area contributed by atoms with Gasteiger partial charge in [0.2, 0.25) is 0 Å². The molecule has 0 saturated carbocycles. The van der Waals surface area contributed by atoms with Crippen LogP contribution in [0.5, 0.6) is 0 Å². The van der Waals surface area contributed by atoms with Gasteiger partial charge in [-0.15, -0.1) is 0 Å². The zero-order chi connectivity index (χ0) is 10.5. The van der Waals surface area contributed by atoms with Crippen LogP contribution in [0.2, 0.25) is 0 Å². The lowest BCUT2D eigenvalue weighted by Gasteiger charge is -2.13. The van der Waals surface area contributed by atoms with Crippen molar-refractivity contribution >= 4 is 95.6 Å². The topological polar surface area (TPSA) is 0 Å². The van der Waals surface area contributed by atoms with Crippen LogP contribution in [0.3, 0.4) is 0 Å². The summed E-state index contributed by atoms with van der Waals surface area (Å²) in [6.07, 6.45) is 5.78. The van der Waals surface area contributed by atoms with Crippen LogP contribution < -0.4 is 0 Å². The van der Waals surface area contributed by atoms with Crippen LogP contribution in [0.15, 0.2) is 0 Å². The number of halogens is 6. The van der Waals surface area contributed by atoms with Gasteiger partial charge < -0.3 is 0 Å². The molecule has 0 bridgehead atoms. The molecule has 0 aromatic carbocycles. The van der Waals surface area contributed by atoms with Gasteiger partial charge >= 0.3 is 0 Å². The van der Waals surface area contributed by atoms with E-state index in [1.807, 2.05) is 0 Å². The van der Waals surface area contributed by atoms with Gasteiger partial charge in [0.1, 0.15) is 4.29 Å². The van der Waals surface area contributed by atoms with Gasteiger partial charge in [0.05, 0.1) is 0 Å². The molecule has 0 fully saturated rings. The highest BCUT2D eigenvalue weighted by atomic mass is 80.0. The summed E-state index contributed by atoms with van der Waals surface area (Å²) in [6, 6.07) is 0. The van der Waals surface area contributed by atoms with Gasteiger partial charge in [0, 0.05) is 0 Å². The molecule has 0 spiro atoms. The Morgan fingerprint density at radius 1 is 0.538 bits per heavy atom. The average molecular weight is 574 g/mol. The Morgan fingerprint density at radius 2 is 0.846 bits per heavy atom. The van der Waals surface area contributed by atoms with Gasteiger partial charge in [-0.05, 0) is 12.8 Å². The molecule has 0 saturated heterocycles. The standard InChI is InChI=1S/C7H10Br6/c8-6(9,10)4-2-1-3-5-7(11,12)13/h1-5H2. The van der Waals surface area contributed by atoms with Crippen LogP contribution in [0.1, 0.15) is 32.1 Å². The normalized spacial score (nSPS) is 13.4. The van der Waals surface area contributed by atoms with E-state index in [1.54, 1.807) is 0 Å². The Hall–Kier alpha value is 2.88. The van der Waals surface area contributed by atoms with E-state index in [2.05, 4.69) is 95.6 Å². The van der Waals surface area contributed by atoms with Gasteiger partial charge in [0.25, 0.3) is 0 Å². The molecule has 0 atom stereocenters. The van der Waals surface area contributed by atoms with Crippen LogP contribution in [0.25, 0.3) is 0 Å². The zero-order valence-corrected chi connectivity index (χ0v) is 16.3. The second-order valence-electron chi connectivity index (χ2n) is 2.79. The summed E-state index contributed by atoms with van der Waals surface area (Å²) in [6.45, 7) is 0. The Kier molecular flexibility index (Phi) is 8.86. The first-order chi connectivity index (χ1) is 5.71. The molecular formula is C7H10Br6. The maximum atomic E-state index is 3.48. The Labute approximate surface area is 130 Å². The van der Waals surface area contributed by atoms with Crippen molar-refractivity contribution in [2.75, 3.05) is 0 Å². The summed E-state index contributed by atoms with van der Waals surface area (Å²) in [7, 11) is 0. The first kappa shape index (κ1) is 15.9. The van der Waals surface area contributed by atoms with E-state index in [0.29, 0.717) is 0 Å². The summed E-state index contributed by atoms with van der Waals surface area (Å²) >= 11 is 20.9. The van der Waals surface area contributed by atoms with Crippen molar-refractivity contribution in [3.63, 3.8) is 0 Å². The first-order valence-corrected chi connectivity index (χ1v) is 8.60. The average Bonchev–Trinajstić information content (AvgIpc) is 1.81. The Morgan fingerprint density at radius 3 is 1.08 bits per heavy atom. The number of hydrogen-bond acceptors (Lipinski definition) is 0. The minimum Gasteiger partial charge on any atom is -0.0599 e. The maximum absolute atomic E-state index is 3.48. The van der Waals surface area contributed by atoms with E-state index in [-0.39, 0.29) is 4.29 Å². The molecular weight excluding hydrogens is 564 g/mol. The molecule has 0 nitrogen and oxygen atoms in total. The van der Waals surface area contributed by atoms with Crippen LogP contribution in [0.4, 0.5) is 0 Å². The van der Waals surface area contributed by atoms with E-state index < -0.39 is 0 Å². The zero-order valence-electron chi connectivity index (χ0n) is 6.80. The Balaban J connectivity index is 3.28. The minimum absolute atomic E-state index is 0.0682. The van der Waals surface area contributed by atoms with Crippen molar-refractivity contribution in [3.05, 3.63) is 0 Å². The molecule has 0 aliphatic carbocycles. The predicted octanol–water partition coefficient (Wildman–Crippen LogP) is 6.61. The third-order valence-corrected chi connectivity index (χ3v) is 3.80. The van der Waals surface area contributed by atoms with Crippen LogP contribution >= 0.6 is 95.6 Å². The van der Waals surface area contributed by atoms with E-state index >= 15 is 0 Å². The fourth-order valence-corrected chi connectivity index (χ4v) is 2.51. The van der Waals surface area contributed by atoms with Gasteiger partial charge in [-0.3, -0.25) is 0 Å². The number of hydrogen-bond donors (Lipinski definition) is 0. The third-order valence-electron chi connectivity index (χ3n) is 1.42. The largest absolute Gasteiger partial charge is 0.135 e. The van der Waals surface area contributed by atoms with E-state index in [1.165, 1.54) is 19.3 Å². The molecule has 0 aliphatic rings. The smallest absolute Gasteiger partial charge is 0.0599 e. The molecule has 6 heteroatoms. The van der Waals surface area contributed by atoms with E-state index in [9.17, 15) is 0 Å². The van der Waals surface area contributed by atoms with E-state index in [0.717, 1.165) is 12.8 Å². The summed E-state index contributed by atoms with van der Waals surface area (Å²) in [4.78, 5) is 0. The molecule has 0 aliphatic heterocycles. The van der Waals surface area contributed by atoms with Gasteiger partial charge in [-0.25, -0.2) is 0 Å². The molecule has 0 rings (SSSR count). The summed E-state index contributed by atoms with van der Waals surface area (Å²) in [5, 5.41) is 0. The summed E-state index contributed by atoms with van der Waals surface area (Å²) < 4.78 is -0.136. The minimum atomic E-state index is -0.0682. The fourth-order valence-electron chi connectivity index (χ4n) is 0.828. The lowest BCUT2D eigenvalue weighted by atomic mass is 10.2. The second-order valence-corrected chi connectivity index (χ2v) is 17.3. The molecule has 0 radical (unpaired) electrons. The lowest BCUT2D eigenvalue weighted by molar-refractivity contribution is 0.645. The quantitative estimate of drug-likeness (QED) is 0.262. The second kappa shape index (κ2) is 7.25. The molecule has 13 heavy (non-hydrogen) atoms. The van der Waals surface area contributed by atoms with Crippen LogP contribution in [0, 0.1) is 0 Å². The molecule has 0 unspecified atom stereocenters. The van der Waals surface area contributed by atoms with Crippen molar-refractivity contribution in [2.45, 2.75) is 36.4 Å². The van der Waals surface area contributed by atoms with Crippen molar-refractivity contribution in [3.8, 4) is 0 Å². The highest BCUT2D eigenvalue weighted by molar-refractivity contribution is 9.39. The van der Waals surface area contributed by atoms with Crippen molar-refractivity contribution in [1.82, 2.24) is 0 Å². The van der Waals surface area contributed by atoms with Crippen molar-refractivity contribution in [1.29, 1.82) is 0 Å². The molecule has 0 aromatic rings. The Bertz CT molecular complexity index is 117. The van der Waals surface area contributed by atoms with Crippen LogP contribution in [-0.4, -0.2) is 4.29 Å². The van der Waals surface area contributed by atoms with Crippen molar-refractivity contribution in [2.24, 2.45) is 0 Å². The lowest BCUT2D eigenvalue weighted by Crippen LogP contribution is -2.01. The molecule has 80 valence electrons. The number of rotatable bonds is 4. The molecule has 0 heterocycles. The van der Waals surface area contributed by atoms with E-state index in [4.69, 9.17) is 0 Å². The van der Waals surface area contributed by atoms with Crippen molar-refractivity contribution < 1.29 is 0 Å². The maximum Gasteiger partial charge on any atom is 0.135 e. The summed E-state index contributed by atoms with van der Waals surface area (Å²) in [5.74, 6) is 0. The van der Waals surface area contributed by atoms with Crippen LogP contribution in [-0.2, 0) is 0 Å². The predicted molar refractivity (Wildman–Crippen MR) is 82.1 cm³/mol. The molecule has 0 amide bonds. The summed E-state index contributed by atoms with van der Waals surface area (Å²) in [5.41, 5.74) is 0. The van der Waals surface area contributed by atoms with Gasteiger partial charge in [-0.1, -0.05) is 115 Å². The molecule has 0 aromatic heterocycles. The van der Waals surface area contributed by atoms with Gasteiger partial charge in [-0.2, -0.15) is 0 Å². The number of alkyl halides is 6. The highest BCUT2D eigenvalue weighted by Crippen LogP contribution is 2.40. The van der Waals surface area contributed by atoms with Gasteiger partial charge in [0.15, 0.2) is 0 Å². The molecule has 0 N–H and O–H groups in total.